The Morgan fingerprint density at radius 3 is 2.31 bits per heavy atom. The Kier molecular flexibility index (Phi) is 4.65. The zero-order valence-electron chi connectivity index (χ0n) is 17.5. The van der Waals surface area contributed by atoms with Crippen molar-refractivity contribution in [2.24, 2.45) is 0 Å². The van der Waals surface area contributed by atoms with Crippen LogP contribution in [0.1, 0.15) is 10.4 Å². The number of anilines is 1. The van der Waals surface area contributed by atoms with Gasteiger partial charge in [-0.15, -0.1) is 0 Å². The standard InChI is InChI=1S/C26H22N4OS/c31-25(29-15-13-28(14-16-29)21-9-5-2-6-10-21)20-11-12-23-24(17-20)32-26-27-22(18-30(23)26)19-7-3-1-4-8-19/h1-12,17-18H,13-16H2. The number of para-hydroxylation sites is 1. The summed E-state index contributed by atoms with van der Waals surface area (Å²) in [5, 5.41) is 0. The molecule has 1 saturated heterocycles. The highest BCUT2D eigenvalue weighted by atomic mass is 32.1. The summed E-state index contributed by atoms with van der Waals surface area (Å²) in [6.45, 7) is 3.18. The van der Waals surface area contributed by atoms with Crippen molar-refractivity contribution in [1.29, 1.82) is 0 Å². The molecule has 6 heteroatoms. The summed E-state index contributed by atoms with van der Waals surface area (Å²) < 4.78 is 3.20. The molecule has 0 saturated carbocycles. The maximum Gasteiger partial charge on any atom is 0.254 e. The van der Waals surface area contributed by atoms with E-state index in [2.05, 4.69) is 51.9 Å². The molecule has 3 aromatic carbocycles. The van der Waals surface area contributed by atoms with Crippen molar-refractivity contribution in [2.45, 2.75) is 0 Å². The maximum absolute atomic E-state index is 13.2. The molecule has 0 atom stereocenters. The third-order valence-electron chi connectivity index (χ3n) is 6.10. The topological polar surface area (TPSA) is 40.9 Å². The summed E-state index contributed by atoms with van der Waals surface area (Å²) in [5.74, 6) is 0.107. The van der Waals surface area contributed by atoms with Gasteiger partial charge in [0, 0.05) is 49.2 Å². The van der Waals surface area contributed by atoms with Gasteiger partial charge in [-0.25, -0.2) is 4.98 Å². The van der Waals surface area contributed by atoms with E-state index in [1.165, 1.54) is 5.69 Å². The van der Waals surface area contributed by atoms with Crippen LogP contribution >= 0.6 is 11.3 Å². The summed E-state index contributed by atoms with van der Waals surface area (Å²) in [6, 6.07) is 26.6. The lowest BCUT2D eigenvalue weighted by Crippen LogP contribution is -2.48. The van der Waals surface area contributed by atoms with Crippen LogP contribution in [-0.2, 0) is 0 Å². The van der Waals surface area contributed by atoms with Crippen LogP contribution in [0.4, 0.5) is 5.69 Å². The minimum atomic E-state index is 0.107. The monoisotopic (exact) mass is 438 g/mol. The number of imidazole rings is 1. The predicted molar refractivity (Wildman–Crippen MR) is 131 cm³/mol. The van der Waals surface area contributed by atoms with Crippen LogP contribution < -0.4 is 4.90 Å². The van der Waals surface area contributed by atoms with E-state index in [4.69, 9.17) is 4.98 Å². The third-order valence-corrected chi connectivity index (χ3v) is 7.12. The SMILES string of the molecule is O=C(c1ccc2c(c1)sc1nc(-c3ccccc3)cn12)N1CCN(c2ccccc2)CC1. The van der Waals surface area contributed by atoms with E-state index in [9.17, 15) is 4.79 Å². The lowest BCUT2D eigenvalue weighted by Gasteiger charge is -2.36. The summed E-state index contributed by atoms with van der Waals surface area (Å²) in [5.41, 5.74) is 5.13. The molecule has 0 aliphatic carbocycles. The number of aromatic nitrogens is 2. The van der Waals surface area contributed by atoms with Gasteiger partial charge >= 0.3 is 0 Å². The summed E-state index contributed by atoms with van der Waals surface area (Å²) in [4.78, 5) is 23.2. The second-order valence-corrected chi connectivity index (χ2v) is 9.05. The maximum atomic E-state index is 13.2. The molecule has 32 heavy (non-hydrogen) atoms. The fraction of sp³-hybridized carbons (Fsp3) is 0.154. The molecule has 3 heterocycles. The lowest BCUT2D eigenvalue weighted by atomic mass is 10.1. The Hall–Kier alpha value is -3.64. The molecule has 5 aromatic rings. The quantitative estimate of drug-likeness (QED) is 0.390. The van der Waals surface area contributed by atoms with E-state index in [0.29, 0.717) is 0 Å². The molecular weight excluding hydrogens is 416 g/mol. The number of benzene rings is 3. The van der Waals surface area contributed by atoms with Gasteiger partial charge in [0.25, 0.3) is 5.91 Å². The first-order valence-electron chi connectivity index (χ1n) is 10.8. The second kappa shape index (κ2) is 7.80. The molecule has 6 rings (SSSR count). The van der Waals surface area contributed by atoms with Crippen molar-refractivity contribution in [3.63, 3.8) is 0 Å². The second-order valence-electron chi connectivity index (χ2n) is 8.04. The Morgan fingerprint density at radius 1 is 0.844 bits per heavy atom. The van der Waals surface area contributed by atoms with Gasteiger partial charge in [0.15, 0.2) is 4.96 Å². The Morgan fingerprint density at radius 2 is 1.56 bits per heavy atom. The highest BCUT2D eigenvalue weighted by Crippen LogP contribution is 2.30. The molecular formula is C26H22N4OS. The fourth-order valence-corrected chi connectivity index (χ4v) is 5.42. The summed E-state index contributed by atoms with van der Waals surface area (Å²) >= 11 is 1.63. The predicted octanol–water partition coefficient (Wildman–Crippen LogP) is 5.18. The number of hydrogen-bond donors (Lipinski definition) is 0. The van der Waals surface area contributed by atoms with Crippen LogP contribution in [0.5, 0.6) is 0 Å². The summed E-state index contributed by atoms with van der Waals surface area (Å²) in [7, 11) is 0. The molecule has 1 aliphatic heterocycles. The van der Waals surface area contributed by atoms with E-state index < -0.39 is 0 Å². The van der Waals surface area contributed by atoms with Crippen molar-refractivity contribution >= 4 is 38.1 Å². The van der Waals surface area contributed by atoms with E-state index in [1.54, 1.807) is 11.3 Å². The van der Waals surface area contributed by atoms with Gasteiger partial charge in [-0.1, -0.05) is 59.9 Å². The first kappa shape index (κ1) is 19.1. The van der Waals surface area contributed by atoms with Gasteiger partial charge in [0.05, 0.1) is 15.9 Å². The van der Waals surface area contributed by atoms with E-state index in [1.807, 2.05) is 47.4 Å². The zero-order chi connectivity index (χ0) is 21.5. The molecule has 1 amide bonds. The number of thiazole rings is 1. The zero-order valence-corrected chi connectivity index (χ0v) is 18.3. The Bertz CT molecular complexity index is 1400. The molecule has 2 aromatic heterocycles. The van der Waals surface area contributed by atoms with Crippen LogP contribution in [0.3, 0.4) is 0 Å². The normalized spacial score (nSPS) is 14.4. The van der Waals surface area contributed by atoms with Gasteiger partial charge in [0.1, 0.15) is 0 Å². The number of piperazine rings is 1. The highest BCUT2D eigenvalue weighted by molar-refractivity contribution is 7.23. The van der Waals surface area contributed by atoms with Crippen LogP contribution in [-0.4, -0.2) is 46.4 Å². The van der Waals surface area contributed by atoms with Crippen molar-refractivity contribution < 1.29 is 4.79 Å². The first-order valence-corrected chi connectivity index (χ1v) is 11.6. The molecule has 0 bridgehead atoms. The van der Waals surface area contributed by atoms with Crippen LogP contribution in [0.25, 0.3) is 26.4 Å². The smallest absolute Gasteiger partial charge is 0.254 e. The molecule has 0 spiro atoms. The van der Waals surface area contributed by atoms with Crippen LogP contribution in [0.2, 0.25) is 0 Å². The third kappa shape index (κ3) is 3.33. The van der Waals surface area contributed by atoms with Crippen LogP contribution in [0, 0.1) is 0 Å². The molecule has 5 nitrogen and oxygen atoms in total. The van der Waals surface area contributed by atoms with E-state index in [-0.39, 0.29) is 5.91 Å². The number of rotatable bonds is 3. The van der Waals surface area contributed by atoms with Gasteiger partial charge in [0.2, 0.25) is 0 Å². The highest BCUT2D eigenvalue weighted by Gasteiger charge is 2.23. The Balaban J connectivity index is 1.22. The van der Waals surface area contributed by atoms with Crippen molar-refractivity contribution in [3.8, 4) is 11.3 Å². The number of hydrogen-bond acceptors (Lipinski definition) is 4. The van der Waals surface area contributed by atoms with Crippen molar-refractivity contribution in [2.75, 3.05) is 31.1 Å². The minimum Gasteiger partial charge on any atom is -0.368 e. The van der Waals surface area contributed by atoms with Gasteiger partial charge in [-0.2, -0.15) is 0 Å². The van der Waals surface area contributed by atoms with Crippen LogP contribution in [0.15, 0.2) is 85.1 Å². The van der Waals surface area contributed by atoms with Gasteiger partial charge in [-0.05, 0) is 30.3 Å². The Labute approximate surface area is 190 Å². The largest absolute Gasteiger partial charge is 0.368 e. The first-order chi connectivity index (χ1) is 15.8. The number of amides is 1. The van der Waals surface area contributed by atoms with E-state index in [0.717, 1.165) is 58.2 Å². The van der Waals surface area contributed by atoms with Crippen molar-refractivity contribution in [3.05, 3.63) is 90.6 Å². The molecule has 0 N–H and O–H groups in total. The number of carbonyl (C=O) groups excluding carboxylic acids is 1. The van der Waals surface area contributed by atoms with Crippen molar-refractivity contribution in [1.82, 2.24) is 14.3 Å². The molecule has 0 radical (unpaired) electrons. The lowest BCUT2D eigenvalue weighted by molar-refractivity contribution is 0.0747. The molecule has 1 aliphatic rings. The molecule has 0 unspecified atom stereocenters. The number of nitrogens with zero attached hydrogens (tertiary/aromatic N) is 4. The minimum absolute atomic E-state index is 0.107. The number of carbonyl (C=O) groups is 1. The van der Waals surface area contributed by atoms with Gasteiger partial charge < -0.3 is 9.80 Å². The average molecular weight is 439 g/mol. The molecule has 158 valence electrons. The molecule has 1 fully saturated rings. The van der Waals surface area contributed by atoms with E-state index >= 15 is 0 Å². The average Bonchev–Trinajstić information content (AvgIpc) is 3.42. The number of fused-ring (bicyclic) bond motifs is 3. The fourth-order valence-electron chi connectivity index (χ4n) is 4.37. The van der Waals surface area contributed by atoms with Gasteiger partial charge in [-0.3, -0.25) is 9.20 Å². The summed E-state index contributed by atoms with van der Waals surface area (Å²) in [6.07, 6.45) is 2.08.